The van der Waals surface area contributed by atoms with Gasteiger partial charge in [0.25, 0.3) is 5.91 Å². The third-order valence-corrected chi connectivity index (χ3v) is 7.17. The number of halogens is 1. The Bertz CT molecular complexity index is 942. The summed E-state index contributed by atoms with van der Waals surface area (Å²) >= 11 is 3.39. The maximum Gasteiger partial charge on any atom is 0.258 e. The number of rotatable bonds is 9. The summed E-state index contributed by atoms with van der Waals surface area (Å²) in [5, 5.41) is 2.89. The molecular formula is C21H27BrN2O4S. The van der Waals surface area contributed by atoms with E-state index in [0.29, 0.717) is 24.4 Å². The van der Waals surface area contributed by atoms with Gasteiger partial charge in [-0.3, -0.25) is 4.79 Å². The molecule has 0 aromatic heterocycles. The SMILES string of the molecule is CCN(CC)S(=O)(=O)c1ccc(OCC(=O)N[C@H](C)c2ccc(Br)cc2)c(C)c1. The quantitative estimate of drug-likeness (QED) is 0.584. The molecule has 0 unspecified atom stereocenters. The van der Waals surface area contributed by atoms with Crippen LogP contribution in [0.3, 0.4) is 0 Å². The number of aryl methyl sites for hydroxylation is 1. The van der Waals surface area contributed by atoms with Crippen molar-refractivity contribution < 1.29 is 17.9 Å². The first-order valence-electron chi connectivity index (χ1n) is 9.47. The molecule has 6 nitrogen and oxygen atoms in total. The summed E-state index contributed by atoms with van der Waals surface area (Å²) < 4.78 is 33.2. The van der Waals surface area contributed by atoms with E-state index in [1.165, 1.54) is 10.4 Å². The van der Waals surface area contributed by atoms with Crippen LogP contribution in [0, 0.1) is 6.92 Å². The summed E-state index contributed by atoms with van der Waals surface area (Å²) in [5.41, 5.74) is 1.65. The minimum atomic E-state index is -3.53. The number of sulfonamides is 1. The molecule has 0 bridgehead atoms. The van der Waals surface area contributed by atoms with E-state index in [-0.39, 0.29) is 23.5 Å². The van der Waals surface area contributed by atoms with Gasteiger partial charge >= 0.3 is 0 Å². The fourth-order valence-electron chi connectivity index (χ4n) is 2.92. The summed E-state index contributed by atoms with van der Waals surface area (Å²) in [6.45, 7) is 7.94. The maximum atomic E-state index is 12.6. The number of carbonyl (C=O) groups is 1. The van der Waals surface area contributed by atoms with Crippen LogP contribution in [0.2, 0.25) is 0 Å². The van der Waals surface area contributed by atoms with Gasteiger partial charge in [0.2, 0.25) is 10.0 Å². The average Bonchev–Trinajstić information content (AvgIpc) is 2.68. The highest BCUT2D eigenvalue weighted by molar-refractivity contribution is 9.10. The number of ether oxygens (including phenoxy) is 1. The van der Waals surface area contributed by atoms with Gasteiger partial charge in [0, 0.05) is 17.6 Å². The van der Waals surface area contributed by atoms with Crippen LogP contribution in [-0.4, -0.2) is 38.3 Å². The molecule has 2 rings (SSSR count). The zero-order valence-corrected chi connectivity index (χ0v) is 19.5. The molecule has 0 spiro atoms. The molecule has 8 heteroatoms. The van der Waals surface area contributed by atoms with Crippen LogP contribution in [-0.2, 0) is 14.8 Å². The van der Waals surface area contributed by atoms with Crippen molar-refractivity contribution in [1.29, 1.82) is 0 Å². The summed E-state index contributed by atoms with van der Waals surface area (Å²) in [5.74, 6) is 0.231. The lowest BCUT2D eigenvalue weighted by molar-refractivity contribution is -0.123. The van der Waals surface area contributed by atoms with Crippen molar-refractivity contribution in [2.75, 3.05) is 19.7 Å². The molecule has 0 saturated heterocycles. The normalized spacial score (nSPS) is 12.6. The Morgan fingerprint density at radius 1 is 1.14 bits per heavy atom. The highest BCUT2D eigenvalue weighted by Crippen LogP contribution is 2.24. The number of carbonyl (C=O) groups excluding carboxylic acids is 1. The van der Waals surface area contributed by atoms with Crippen molar-refractivity contribution in [3.63, 3.8) is 0 Å². The second kappa shape index (κ2) is 10.2. The lowest BCUT2D eigenvalue weighted by Gasteiger charge is -2.19. The van der Waals surface area contributed by atoms with Crippen molar-refractivity contribution in [2.24, 2.45) is 0 Å². The second-order valence-corrected chi connectivity index (χ2v) is 9.50. The molecule has 1 atom stereocenters. The second-order valence-electron chi connectivity index (χ2n) is 6.65. The van der Waals surface area contributed by atoms with Crippen molar-refractivity contribution in [1.82, 2.24) is 9.62 Å². The standard InChI is InChI=1S/C21H27BrN2O4S/c1-5-24(6-2)29(26,27)19-11-12-20(15(3)13-19)28-14-21(25)23-16(4)17-7-9-18(22)10-8-17/h7-13,16H,5-6,14H2,1-4H3,(H,23,25)/t16-/m1/s1. The van der Waals surface area contributed by atoms with Gasteiger partial charge in [0.15, 0.2) is 6.61 Å². The summed E-state index contributed by atoms with van der Waals surface area (Å²) in [7, 11) is -3.53. The predicted octanol–water partition coefficient (Wildman–Crippen LogP) is 4.04. The molecule has 0 saturated carbocycles. The molecule has 0 heterocycles. The minimum Gasteiger partial charge on any atom is -0.484 e. The minimum absolute atomic E-state index is 0.149. The van der Waals surface area contributed by atoms with E-state index in [4.69, 9.17) is 4.74 Å². The summed E-state index contributed by atoms with van der Waals surface area (Å²) in [4.78, 5) is 12.4. The van der Waals surface area contributed by atoms with Crippen LogP contribution >= 0.6 is 15.9 Å². The smallest absolute Gasteiger partial charge is 0.258 e. The molecule has 0 aliphatic heterocycles. The lowest BCUT2D eigenvalue weighted by atomic mass is 10.1. The third kappa shape index (κ3) is 6.04. The lowest BCUT2D eigenvalue weighted by Crippen LogP contribution is -2.31. The average molecular weight is 483 g/mol. The Kier molecular flexibility index (Phi) is 8.24. The number of hydrogen-bond acceptors (Lipinski definition) is 4. The van der Waals surface area contributed by atoms with Gasteiger partial charge in [-0.15, -0.1) is 0 Å². The molecule has 0 radical (unpaired) electrons. The Labute approximate surface area is 181 Å². The third-order valence-electron chi connectivity index (χ3n) is 4.60. The zero-order valence-electron chi connectivity index (χ0n) is 17.1. The van der Waals surface area contributed by atoms with Crippen LogP contribution in [0.25, 0.3) is 0 Å². The van der Waals surface area contributed by atoms with E-state index in [2.05, 4.69) is 21.2 Å². The Hall–Kier alpha value is -1.90. The van der Waals surface area contributed by atoms with Crippen molar-refractivity contribution in [3.8, 4) is 5.75 Å². The van der Waals surface area contributed by atoms with Gasteiger partial charge in [-0.1, -0.05) is 41.9 Å². The molecular weight excluding hydrogens is 456 g/mol. The highest BCUT2D eigenvalue weighted by atomic mass is 79.9. The molecule has 1 N–H and O–H groups in total. The molecule has 2 aromatic rings. The van der Waals surface area contributed by atoms with Gasteiger partial charge in [-0.25, -0.2) is 8.42 Å². The zero-order chi connectivity index (χ0) is 21.6. The van der Waals surface area contributed by atoms with Crippen LogP contribution in [0.4, 0.5) is 0 Å². The van der Waals surface area contributed by atoms with Crippen LogP contribution < -0.4 is 10.1 Å². The molecule has 1 amide bonds. The molecule has 158 valence electrons. The molecule has 0 fully saturated rings. The Morgan fingerprint density at radius 3 is 2.31 bits per heavy atom. The maximum absolute atomic E-state index is 12.6. The first-order chi connectivity index (χ1) is 13.7. The summed E-state index contributed by atoms with van der Waals surface area (Å²) in [6, 6.07) is 12.3. The van der Waals surface area contributed by atoms with E-state index in [9.17, 15) is 13.2 Å². The van der Waals surface area contributed by atoms with Gasteiger partial charge in [0.05, 0.1) is 10.9 Å². The molecule has 29 heavy (non-hydrogen) atoms. The fraction of sp³-hybridized carbons (Fsp3) is 0.381. The van der Waals surface area contributed by atoms with Crippen LogP contribution in [0.15, 0.2) is 51.8 Å². The first-order valence-corrected chi connectivity index (χ1v) is 11.7. The van der Waals surface area contributed by atoms with E-state index < -0.39 is 10.0 Å². The number of benzene rings is 2. The largest absolute Gasteiger partial charge is 0.484 e. The van der Waals surface area contributed by atoms with E-state index in [1.54, 1.807) is 32.9 Å². The van der Waals surface area contributed by atoms with Crippen LogP contribution in [0.1, 0.15) is 37.9 Å². The molecule has 0 aliphatic carbocycles. The number of nitrogens with zero attached hydrogens (tertiary/aromatic N) is 1. The first kappa shape index (κ1) is 23.4. The fourth-order valence-corrected chi connectivity index (χ4v) is 4.73. The highest BCUT2D eigenvalue weighted by Gasteiger charge is 2.22. The number of hydrogen-bond donors (Lipinski definition) is 1. The Balaban J connectivity index is 2.00. The monoisotopic (exact) mass is 482 g/mol. The van der Waals surface area contributed by atoms with Gasteiger partial charge in [-0.2, -0.15) is 4.31 Å². The van der Waals surface area contributed by atoms with Crippen molar-refractivity contribution in [3.05, 3.63) is 58.1 Å². The van der Waals surface area contributed by atoms with Crippen molar-refractivity contribution in [2.45, 2.75) is 38.6 Å². The Morgan fingerprint density at radius 2 is 1.76 bits per heavy atom. The predicted molar refractivity (Wildman–Crippen MR) is 117 cm³/mol. The molecule has 2 aromatic carbocycles. The van der Waals surface area contributed by atoms with Gasteiger partial charge in [-0.05, 0) is 55.3 Å². The number of nitrogens with one attached hydrogen (secondary N) is 1. The van der Waals surface area contributed by atoms with E-state index in [1.807, 2.05) is 31.2 Å². The van der Waals surface area contributed by atoms with Gasteiger partial charge in [0.1, 0.15) is 5.75 Å². The van der Waals surface area contributed by atoms with Crippen LogP contribution in [0.5, 0.6) is 5.75 Å². The topological polar surface area (TPSA) is 75.7 Å². The summed E-state index contributed by atoms with van der Waals surface area (Å²) in [6.07, 6.45) is 0. The van der Waals surface area contributed by atoms with E-state index >= 15 is 0 Å². The van der Waals surface area contributed by atoms with Gasteiger partial charge < -0.3 is 10.1 Å². The number of amides is 1. The molecule has 0 aliphatic rings. The van der Waals surface area contributed by atoms with Crippen molar-refractivity contribution >= 4 is 31.9 Å². The van der Waals surface area contributed by atoms with E-state index in [0.717, 1.165) is 10.0 Å².